The predicted octanol–water partition coefficient (Wildman–Crippen LogP) is 4.84. The quantitative estimate of drug-likeness (QED) is 0.213. The van der Waals surface area contributed by atoms with Gasteiger partial charge in [0.15, 0.2) is 0 Å². The van der Waals surface area contributed by atoms with Crippen molar-refractivity contribution in [3.8, 4) is 22.6 Å². The van der Waals surface area contributed by atoms with Crippen LogP contribution in [0.4, 0.5) is 21.5 Å². The van der Waals surface area contributed by atoms with Gasteiger partial charge >= 0.3 is 10.1 Å². The standard InChI is InChI=1S/C33H44FN5O5S/c1-22-9-10-23(34)19-29(22)36-21-27-25(13-14-28-31(27)39(6)32(40)33(2,3)37-28)26-12-11-24(20-30(26)43-7)44-45(41,42)18-8-16-38(5)17-15-35-4/h9-14,19-20,35-37H,8,15-18,21H2,1-7H3. The Bertz CT molecular complexity index is 1650. The van der Waals surface area contributed by atoms with Gasteiger partial charge in [0, 0.05) is 49.6 Å². The zero-order chi connectivity index (χ0) is 32.9. The van der Waals surface area contributed by atoms with Crippen LogP contribution in [0.5, 0.6) is 11.5 Å². The number of fused-ring (bicyclic) bond motifs is 1. The highest BCUT2D eigenvalue weighted by Crippen LogP contribution is 2.45. The van der Waals surface area contributed by atoms with Crippen molar-refractivity contribution in [2.45, 2.75) is 39.3 Å². The van der Waals surface area contributed by atoms with E-state index >= 15 is 0 Å². The van der Waals surface area contributed by atoms with Gasteiger partial charge in [-0.3, -0.25) is 4.79 Å². The number of hydrogen-bond acceptors (Lipinski definition) is 9. The number of benzene rings is 3. The smallest absolute Gasteiger partial charge is 0.309 e. The number of amides is 1. The monoisotopic (exact) mass is 641 g/mol. The normalized spacial score (nSPS) is 14.2. The van der Waals surface area contributed by atoms with Gasteiger partial charge in [-0.25, -0.2) is 4.39 Å². The van der Waals surface area contributed by atoms with Crippen LogP contribution in [0.15, 0.2) is 48.5 Å². The van der Waals surface area contributed by atoms with E-state index in [9.17, 15) is 17.6 Å². The molecule has 0 radical (unpaired) electrons. The number of halogens is 1. The topological polar surface area (TPSA) is 112 Å². The van der Waals surface area contributed by atoms with Crippen LogP contribution in [0.25, 0.3) is 11.1 Å². The Morgan fingerprint density at radius 2 is 1.80 bits per heavy atom. The van der Waals surface area contributed by atoms with E-state index in [0.717, 1.165) is 35.5 Å². The lowest BCUT2D eigenvalue weighted by Gasteiger charge is -2.40. The molecule has 10 nitrogen and oxygen atoms in total. The van der Waals surface area contributed by atoms with Crippen molar-refractivity contribution in [1.82, 2.24) is 10.2 Å². The third-order valence-electron chi connectivity index (χ3n) is 7.92. The lowest BCUT2D eigenvalue weighted by Crippen LogP contribution is -2.52. The van der Waals surface area contributed by atoms with Gasteiger partial charge in [-0.05, 0) is 89.3 Å². The molecule has 0 aromatic heterocycles. The summed E-state index contributed by atoms with van der Waals surface area (Å²) in [6, 6.07) is 13.3. The number of rotatable bonds is 14. The molecule has 45 heavy (non-hydrogen) atoms. The largest absolute Gasteiger partial charge is 0.496 e. The third kappa shape index (κ3) is 8.05. The van der Waals surface area contributed by atoms with E-state index in [0.29, 0.717) is 35.7 Å². The fourth-order valence-corrected chi connectivity index (χ4v) is 6.45. The molecule has 1 amide bonds. The van der Waals surface area contributed by atoms with Crippen LogP contribution >= 0.6 is 0 Å². The molecule has 0 unspecified atom stereocenters. The predicted molar refractivity (Wildman–Crippen MR) is 178 cm³/mol. The number of carbonyl (C=O) groups excluding carboxylic acids is 1. The minimum absolute atomic E-state index is 0.107. The van der Waals surface area contributed by atoms with Crippen LogP contribution in [0.3, 0.4) is 0 Å². The second-order valence-corrected chi connectivity index (χ2v) is 13.6. The molecule has 4 rings (SSSR count). The number of aryl methyl sites for hydroxylation is 1. The van der Waals surface area contributed by atoms with Crippen molar-refractivity contribution < 1.29 is 26.5 Å². The lowest BCUT2D eigenvalue weighted by molar-refractivity contribution is -0.121. The number of nitrogens with one attached hydrogen (secondary N) is 3. The molecule has 0 bridgehead atoms. The Balaban J connectivity index is 1.67. The van der Waals surface area contributed by atoms with Gasteiger partial charge in [-0.15, -0.1) is 0 Å². The van der Waals surface area contributed by atoms with E-state index in [1.165, 1.54) is 19.2 Å². The van der Waals surface area contributed by atoms with Crippen molar-refractivity contribution in [1.29, 1.82) is 0 Å². The van der Waals surface area contributed by atoms with Crippen LogP contribution in [0.1, 0.15) is 31.4 Å². The van der Waals surface area contributed by atoms with Crippen LogP contribution in [0, 0.1) is 12.7 Å². The number of carbonyl (C=O) groups is 1. The highest BCUT2D eigenvalue weighted by molar-refractivity contribution is 7.87. The highest BCUT2D eigenvalue weighted by atomic mass is 32.2. The Morgan fingerprint density at radius 1 is 1.07 bits per heavy atom. The second-order valence-electron chi connectivity index (χ2n) is 11.9. The molecule has 0 saturated heterocycles. The maximum atomic E-state index is 14.1. The lowest BCUT2D eigenvalue weighted by atomic mass is 9.91. The third-order valence-corrected chi connectivity index (χ3v) is 9.16. The van der Waals surface area contributed by atoms with Crippen molar-refractivity contribution in [2.75, 3.05) is 69.2 Å². The summed E-state index contributed by atoms with van der Waals surface area (Å²) in [4.78, 5) is 17.0. The number of ether oxygens (including phenoxy) is 1. The summed E-state index contributed by atoms with van der Waals surface area (Å²) in [5.74, 6) is -0.0460. The molecule has 1 aliphatic rings. The van der Waals surface area contributed by atoms with Crippen molar-refractivity contribution in [2.24, 2.45) is 0 Å². The first-order valence-corrected chi connectivity index (χ1v) is 16.5. The van der Waals surface area contributed by atoms with Gasteiger partial charge in [-0.2, -0.15) is 8.42 Å². The fraction of sp³-hybridized carbons (Fsp3) is 0.424. The summed E-state index contributed by atoms with van der Waals surface area (Å²) in [5, 5.41) is 9.77. The first-order chi connectivity index (χ1) is 21.3. The number of methoxy groups -OCH3 is 1. The van der Waals surface area contributed by atoms with E-state index in [1.807, 2.05) is 47.0 Å². The summed E-state index contributed by atoms with van der Waals surface area (Å²) in [5.41, 5.74) is 4.36. The number of likely N-dealkylation sites (N-methyl/N-ethyl adjacent to an activating group) is 3. The van der Waals surface area contributed by atoms with Crippen molar-refractivity contribution in [3.05, 3.63) is 65.5 Å². The maximum Gasteiger partial charge on any atom is 0.309 e. The summed E-state index contributed by atoms with van der Waals surface area (Å²) >= 11 is 0. The Labute approximate surface area is 266 Å². The molecule has 3 N–H and O–H groups in total. The van der Waals surface area contributed by atoms with Gasteiger partial charge in [-0.1, -0.05) is 12.1 Å². The Morgan fingerprint density at radius 3 is 2.51 bits per heavy atom. The van der Waals surface area contributed by atoms with Crippen LogP contribution < -0.4 is 29.8 Å². The Hall–Kier alpha value is -3.87. The average Bonchev–Trinajstić information content (AvgIpc) is 2.98. The summed E-state index contributed by atoms with van der Waals surface area (Å²) in [6.45, 7) is 8.07. The molecule has 0 fully saturated rings. The molecule has 1 heterocycles. The summed E-state index contributed by atoms with van der Waals surface area (Å²) < 4.78 is 50.9. The first-order valence-electron chi connectivity index (χ1n) is 14.9. The molecule has 3 aromatic carbocycles. The minimum atomic E-state index is -3.84. The van der Waals surface area contributed by atoms with Crippen molar-refractivity contribution in [3.63, 3.8) is 0 Å². The zero-order valence-corrected chi connectivity index (χ0v) is 27.9. The van der Waals surface area contributed by atoms with Crippen molar-refractivity contribution >= 4 is 33.1 Å². The van der Waals surface area contributed by atoms with Crippen LogP contribution in [-0.4, -0.2) is 78.4 Å². The summed E-state index contributed by atoms with van der Waals surface area (Å²) in [6.07, 6.45) is 0.436. The van der Waals surface area contributed by atoms with E-state index in [4.69, 9.17) is 8.92 Å². The molecule has 0 aliphatic carbocycles. The first kappa shape index (κ1) is 34.0. The fourth-order valence-electron chi connectivity index (χ4n) is 5.49. The Kier molecular flexibility index (Phi) is 10.6. The molecule has 12 heteroatoms. The average molecular weight is 642 g/mol. The molecule has 244 valence electrons. The van der Waals surface area contributed by atoms with Gasteiger partial charge in [0.1, 0.15) is 22.9 Å². The minimum Gasteiger partial charge on any atom is -0.496 e. The van der Waals surface area contributed by atoms with Gasteiger partial charge in [0.25, 0.3) is 5.91 Å². The van der Waals surface area contributed by atoms with Crippen LogP contribution in [-0.2, 0) is 21.5 Å². The number of hydrogen-bond donors (Lipinski definition) is 3. The molecule has 0 spiro atoms. The highest BCUT2D eigenvalue weighted by Gasteiger charge is 2.38. The van der Waals surface area contributed by atoms with Gasteiger partial charge in [0.2, 0.25) is 0 Å². The second kappa shape index (κ2) is 14.1. The SMILES string of the molecule is CNCCN(C)CCCS(=O)(=O)Oc1ccc(-c2ccc3c(c2CNc2cc(F)ccc2C)N(C)C(=O)C(C)(C)N3)c(OC)c1. The molecule has 1 aliphatic heterocycles. The van der Waals surface area contributed by atoms with E-state index in [1.54, 1.807) is 36.2 Å². The maximum absolute atomic E-state index is 14.1. The molecule has 0 atom stereocenters. The number of anilines is 3. The number of nitrogens with zero attached hydrogens (tertiary/aromatic N) is 2. The molecular formula is C33H44FN5O5S. The van der Waals surface area contributed by atoms with Gasteiger partial charge in [0.05, 0.1) is 24.2 Å². The van der Waals surface area contributed by atoms with E-state index < -0.39 is 15.7 Å². The molecule has 3 aromatic rings. The molecular weight excluding hydrogens is 597 g/mol. The van der Waals surface area contributed by atoms with E-state index in [-0.39, 0.29) is 29.8 Å². The van der Waals surface area contributed by atoms with E-state index in [2.05, 4.69) is 20.9 Å². The summed E-state index contributed by atoms with van der Waals surface area (Å²) in [7, 11) is 3.23. The van der Waals surface area contributed by atoms with Gasteiger partial charge < -0.3 is 34.7 Å². The van der Waals surface area contributed by atoms with Crippen LogP contribution in [0.2, 0.25) is 0 Å². The zero-order valence-electron chi connectivity index (χ0n) is 27.1. The molecule has 0 saturated carbocycles.